The van der Waals surface area contributed by atoms with Crippen LogP contribution in [-0.4, -0.2) is 73.7 Å². The summed E-state index contributed by atoms with van der Waals surface area (Å²) in [5.41, 5.74) is 0. The predicted molar refractivity (Wildman–Crippen MR) is 72.9 cm³/mol. The molecule has 3 fully saturated rings. The van der Waals surface area contributed by atoms with E-state index in [1.165, 1.54) is 19.4 Å². The number of likely N-dealkylation sites (N-methyl/N-ethyl adjacent to an activating group) is 1. The van der Waals surface area contributed by atoms with Gasteiger partial charge in [0, 0.05) is 31.7 Å². The van der Waals surface area contributed by atoms with Crippen LogP contribution in [0.4, 0.5) is 0 Å². The molecule has 0 aliphatic carbocycles. The number of hydrogen-bond acceptors (Lipinski definition) is 4. The average Bonchev–Trinajstić information content (AvgIpc) is 3.05. The van der Waals surface area contributed by atoms with E-state index >= 15 is 0 Å². The van der Waals surface area contributed by atoms with Gasteiger partial charge in [0.2, 0.25) is 5.91 Å². The zero-order valence-corrected chi connectivity index (χ0v) is 11.8. The molecular formula is C14H25N3O2. The number of nitrogens with one attached hydrogen (secondary N) is 1. The van der Waals surface area contributed by atoms with Gasteiger partial charge in [-0.05, 0) is 25.9 Å². The van der Waals surface area contributed by atoms with E-state index in [1.807, 2.05) is 0 Å². The highest BCUT2D eigenvalue weighted by Crippen LogP contribution is 2.24. The van der Waals surface area contributed by atoms with E-state index in [1.54, 1.807) is 0 Å². The van der Waals surface area contributed by atoms with Gasteiger partial charge in [0.15, 0.2) is 0 Å². The largest absolute Gasteiger partial charge is 0.379 e. The zero-order valence-electron chi connectivity index (χ0n) is 11.8. The van der Waals surface area contributed by atoms with Crippen molar-refractivity contribution in [3.8, 4) is 0 Å². The summed E-state index contributed by atoms with van der Waals surface area (Å²) in [5.74, 6) is 0.322. The van der Waals surface area contributed by atoms with Gasteiger partial charge in [0.1, 0.15) is 0 Å². The molecule has 0 aromatic carbocycles. The Morgan fingerprint density at radius 1 is 1.32 bits per heavy atom. The maximum absolute atomic E-state index is 12.7. The summed E-state index contributed by atoms with van der Waals surface area (Å²) in [6, 6.07) is 0.816. The Labute approximate surface area is 115 Å². The molecule has 19 heavy (non-hydrogen) atoms. The maximum Gasteiger partial charge on any atom is 0.229 e. The molecule has 1 N–H and O–H groups in total. The van der Waals surface area contributed by atoms with Crippen molar-refractivity contribution in [3.05, 3.63) is 0 Å². The van der Waals surface area contributed by atoms with Crippen LogP contribution in [0.25, 0.3) is 0 Å². The van der Waals surface area contributed by atoms with Crippen molar-refractivity contribution >= 4 is 5.91 Å². The summed E-state index contributed by atoms with van der Waals surface area (Å²) >= 11 is 0. The molecular weight excluding hydrogens is 242 g/mol. The summed E-state index contributed by atoms with van der Waals surface area (Å²) in [5, 5.41) is 3.38. The number of piperazine rings is 1. The second kappa shape index (κ2) is 5.77. The van der Waals surface area contributed by atoms with Crippen molar-refractivity contribution in [2.24, 2.45) is 5.92 Å². The second-order valence-corrected chi connectivity index (χ2v) is 5.92. The molecule has 0 aromatic heterocycles. The molecule has 108 valence electrons. The fourth-order valence-corrected chi connectivity index (χ4v) is 3.69. The first-order valence-electron chi connectivity index (χ1n) is 7.63. The van der Waals surface area contributed by atoms with Crippen LogP contribution in [0.15, 0.2) is 0 Å². The number of nitrogens with zero attached hydrogens (tertiary/aromatic N) is 2. The molecule has 0 aromatic rings. The van der Waals surface area contributed by atoms with Gasteiger partial charge in [0.05, 0.1) is 19.1 Å². The van der Waals surface area contributed by atoms with Crippen LogP contribution in [0, 0.1) is 5.92 Å². The van der Waals surface area contributed by atoms with E-state index in [4.69, 9.17) is 4.74 Å². The van der Waals surface area contributed by atoms with Crippen molar-refractivity contribution in [2.45, 2.75) is 31.8 Å². The minimum atomic E-state index is 0.0212. The number of amides is 1. The van der Waals surface area contributed by atoms with Crippen molar-refractivity contribution in [2.75, 3.05) is 45.9 Å². The first-order valence-corrected chi connectivity index (χ1v) is 7.63. The number of fused-ring (bicyclic) bond motifs is 1. The number of rotatable bonds is 3. The van der Waals surface area contributed by atoms with E-state index in [9.17, 15) is 4.79 Å². The van der Waals surface area contributed by atoms with Gasteiger partial charge in [-0.2, -0.15) is 0 Å². The highest BCUT2D eigenvalue weighted by molar-refractivity contribution is 5.80. The third kappa shape index (κ3) is 2.64. The van der Waals surface area contributed by atoms with Crippen LogP contribution in [0.3, 0.4) is 0 Å². The van der Waals surface area contributed by atoms with Gasteiger partial charge in [-0.15, -0.1) is 0 Å². The summed E-state index contributed by atoms with van der Waals surface area (Å²) in [6.45, 7) is 8.33. The minimum absolute atomic E-state index is 0.0212. The van der Waals surface area contributed by atoms with Crippen LogP contribution in [-0.2, 0) is 9.53 Å². The Balaban J connectivity index is 1.60. The molecule has 3 atom stereocenters. The standard InChI is InChI=1S/C14H25N3O2/c1-2-15-13-10-19-9-12(13)14(18)17-7-6-16-5-3-4-11(16)8-17/h11-13,15H,2-10H2,1H3. The summed E-state index contributed by atoms with van der Waals surface area (Å²) < 4.78 is 5.50. The molecule has 3 heterocycles. The molecule has 3 aliphatic rings. The number of ether oxygens (including phenoxy) is 1. The third-order valence-electron chi connectivity index (χ3n) is 4.76. The first-order chi connectivity index (χ1) is 9.29. The quantitative estimate of drug-likeness (QED) is 0.777. The van der Waals surface area contributed by atoms with Gasteiger partial charge < -0.3 is 15.0 Å². The summed E-state index contributed by atoms with van der Waals surface area (Å²) in [4.78, 5) is 17.3. The fraction of sp³-hybridized carbons (Fsp3) is 0.929. The van der Waals surface area contributed by atoms with Gasteiger partial charge in [-0.3, -0.25) is 9.69 Å². The lowest BCUT2D eigenvalue weighted by molar-refractivity contribution is -0.138. The lowest BCUT2D eigenvalue weighted by Gasteiger charge is -2.39. The van der Waals surface area contributed by atoms with Crippen LogP contribution in [0.2, 0.25) is 0 Å². The van der Waals surface area contributed by atoms with Crippen molar-refractivity contribution in [3.63, 3.8) is 0 Å². The number of carbonyl (C=O) groups excluding carboxylic acids is 1. The monoisotopic (exact) mass is 267 g/mol. The molecule has 1 amide bonds. The van der Waals surface area contributed by atoms with Crippen LogP contribution < -0.4 is 5.32 Å². The van der Waals surface area contributed by atoms with E-state index < -0.39 is 0 Å². The maximum atomic E-state index is 12.7. The van der Waals surface area contributed by atoms with Gasteiger partial charge >= 0.3 is 0 Å². The van der Waals surface area contributed by atoms with E-state index in [-0.39, 0.29) is 12.0 Å². The van der Waals surface area contributed by atoms with Crippen LogP contribution in [0.5, 0.6) is 0 Å². The Bertz CT molecular complexity index is 337. The lowest BCUT2D eigenvalue weighted by atomic mass is 10.0. The Morgan fingerprint density at radius 3 is 3.05 bits per heavy atom. The Morgan fingerprint density at radius 2 is 2.21 bits per heavy atom. The molecule has 5 heteroatoms. The summed E-state index contributed by atoms with van der Waals surface area (Å²) in [6.07, 6.45) is 2.54. The first kappa shape index (κ1) is 13.3. The highest BCUT2D eigenvalue weighted by Gasteiger charge is 2.39. The smallest absolute Gasteiger partial charge is 0.229 e. The Kier molecular flexibility index (Phi) is 4.05. The van der Waals surface area contributed by atoms with Gasteiger partial charge in [-0.25, -0.2) is 0 Å². The van der Waals surface area contributed by atoms with Gasteiger partial charge in [0.25, 0.3) is 0 Å². The molecule has 0 spiro atoms. The van der Waals surface area contributed by atoms with E-state index in [0.29, 0.717) is 25.2 Å². The van der Waals surface area contributed by atoms with Crippen LogP contribution >= 0.6 is 0 Å². The van der Waals surface area contributed by atoms with Crippen molar-refractivity contribution in [1.29, 1.82) is 0 Å². The molecule has 0 bridgehead atoms. The molecule has 3 unspecified atom stereocenters. The predicted octanol–water partition coefficient (Wildman–Crippen LogP) is -0.0825. The average molecular weight is 267 g/mol. The SMILES string of the molecule is CCNC1COCC1C(=O)N1CCN2CCCC2C1. The van der Waals surface area contributed by atoms with Crippen LogP contribution in [0.1, 0.15) is 19.8 Å². The molecule has 0 saturated carbocycles. The van der Waals surface area contributed by atoms with Gasteiger partial charge in [-0.1, -0.05) is 6.92 Å². The van der Waals surface area contributed by atoms with Crippen molar-refractivity contribution < 1.29 is 9.53 Å². The minimum Gasteiger partial charge on any atom is -0.379 e. The van der Waals surface area contributed by atoms with E-state index in [0.717, 1.165) is 26.2 Å². The molecule has 3 rings (SSSR count). The molecule has 3 saturated heterocycles. The zero-order chi connectivity index (χ0) is 13.2. The lowest BCUT2D eigenvalue weighted by Crippen LogP contribution is -2.55. The fourth-order valence-electron chi connectivity index (χ4n) is 3.69. The second-order valence-electron chi connectivity index (χ2n) is 5.92. The molecule has 0 radical (unpaired) electrons. The number of carbonyl (C=O) groups is 1. The topological polar surface area (TPSA) is 44.8 Å². The molecule has 3 aliphatic heterocycles. The molecule has 5 nitrogen and oxygen atoms in total. The van der Waals surface area contributed by atoms with Crippen molar-refractivity contribution in [1.82, 2.24) is 15.1 Å². The highest BCUT2D eigenvalue weighted by atomic mass is 16.5. The normalized spacial score (nSPS) is 35.6. The Hall–Kier alpha value is -0.650. The third-order valence-corrected chi connectivity index (χ3v) is 4.76. The summed E-state index contributed by atoms with van der Waals surface area (Å²) in [7, 11) is 0. The number of hydrogen-bond donors (Lipinski definition) is 1. The van der Waals surface area contributed by atoms with E-state index in [2.05, 4.69) is 22.0 Å².